The van der Waals surface area contributed by atoms with E-state index in [0.717, 1.165) is 25.7 Å². The van der Waals surface area contributed by atoms with Gasteiger partial charge in [0, 0.05) is 19.0 Å². The lowest BCUT2D eigenvalue weighted by Gasteiger charge is -2.24. The molecule has 1 saturated carbocycles. The van der Waals surface area contributed by atoms with Gasteiger partial charge in [-0.25, -0.2) is 4.79 Å². The first-order chi connectivity index (χ1) is 11.7. The van der Waals surface area contributed by atoms with Gasteiger partial charge in [-0.05, 0) is 47.0 Å². The smallest absolute Gasteiger partial charge is 0.407 e. The van der Waals surface area contributed by atoms with Crippen LogP contribution in [0.3, 0.4) is 0 Å². The van der Waals surface area contributed by atoms with Gasteiger partial charge in [0.15, 0.2) is 6.10 Å². The maximum Gasteiger partial charge on any atom is 0.407 e. The summed E-state index contributed by atoms with van der Waals surface area (Å²) < 4.78 is 10.2. The van der Waals surface area contributed by atoms with E-state index in [4.69, 9.17) is 9.47 Å². The lowest BCUT2D eigenvalue weighted by molar-refractivity contribution is -0.155. The van der Waals surface area contributed by atoms with Gasteiger partial charge < -0.3 is 20.1 Å². The maximum atomic E-state index is 12.0. The predicted octanol–water partition coefficient (Wildman–Crippen LogP) is 2.67. The Labute approximate surface area is 150 Å². The Morgan fingerprint density at radius 1 is 1.12 bits per heavy atom. The number of hydrogen-bond acceptors (Lipinski definition) is 5. The van der Waals surface area contributed by atoms with E-state index in [2.05, 4.69) is 10.6 Å². The summed E-state index contributed by atoms with van der Waals surface area (Å²) in [7, 11) is 0. The molecule has 0 radical (unpaired) electrons. The molecule has 1 fully saturated rings. The number of nitrogens with one attached hydrogen (secondary N) is 2. The summed E-state index contributed by atoms with van der Waals surface area (Å²) in [6.07, 6.45) is 4.70. The number of rotatable bonds is 7. The third-order valence-electron chi connectivity index (χ3n) is 3.85. The van der Waals surface area contributed by atoms with Crippen LogP contribution in [0.1, 0.15) is 72.6 Å². The third-order valence-corrected chi connectivity index (χ3v) is 3.85. The number of hydrogen-bond donors (Lipinski definition) is 2. The minimum Gasteiger partial charge on any atom is -0.453 e. The highest BCUT2D eigenvalue weighted by Gasteiger charge is 2.22. The first kappa shape index (κ1) is 21.3. The number of ether oxygens (including phenoxy) is 2. The highest BCUT2D eigenvalue weighted by atomic mass is 16.6. The molecule has 1 atom stereocenters. The van der Waals surface area contributed by atoms with Crippen molar-refractivity contribution in [2.45, 2.75) is 90.4 Å². The van der Waals surface area contributed by atoms with E-state index in [-0.39, 0.29) is 18.4 Å². The monoisotopic (exact) mass is 356 g/mol. The molecule has 0 aromatic heterocycles. The number of alkyl carbamates (subject to hydrolysis) is 1. The second-order valence-electron chi connectivity index (χ2n) is 7.51. The van der Waals surface area contributed by atoms with Gasteiger partial charge in [0.25, 0.3) is 5.91 Å². The fraction of sp³-hybridized carbons (Fsp3) is 0.833. The van der Waals surface area contributed by atoms with E-state index in [1.807, 2.05) is 0 Å². The van der Waals surface area contributed by atoms with E-state index < -0.39 is 23.8 Å². The molecule has 2 amide bonds. The average molecular weight is 356 g/mol. The SMILES string of the molecule is C[C@@H](OC(=O)CCCNC(=O)OC(C)(C)C)C(=O)NC1CCCCC1. The lowest BCUT2D eigenvalue weighted by atomic mass is 9.95. The molecule has 0 heterocycles. The highest BCUT2D eigenvalue weighted by molar-refractivity contribution is 5.83. The third kappa shape index (κ3) is 9.94. The summed E-state index contributed by atoms with van der Waals surface area (Å²) in [6, 6.07) is 0.195. The molecule has 2 N–H and O–H groups in total. The van der Waals surface area contributed by atoms with E-state index in [1.54, 1.807) is 27.7 Å². The molecule has 1 rings (SSSR count). The number of amides is 2. The molecular formula is C18H32N2O5. The largest absolute Gasteiger partial charge is 0.453 e. The van der Waals surface area contributed by atoms with E-state index in [9.17, 15) is 14.4 Å². The lowest BCUT2D eigenvalue weighted by Crippen LogP contribution is -2.42. The predicted molar refractivity (Wildman–Crippen MR) is 94.0 cm³/mol. The Morgan fingerprint density at radius 3 is 2.36 bits per heavy atom. The standard InChI is InChI=1S/C18H32N2O5/c1-13(16(22)20-14-9-6-5-7-10-14)24-15(21)11-8-12-19-17(23)25-18(2,3)4/h13-14H,5-12H2,1-4H3,(H,19,23)(H,20,22)/t13-/m1/s1. The van der Waals surface area contributed by atoms with Crippen LogP contribution in [0.15, 0.2) is 0 Å². The molecule has 0 aliphatic heterocycles. The molecule has 7 nitrogen and oxygen atoms in total. The Morgan fingerprint density at radius 2 is 1.76 bits per heavy atom. The summed E-state index contributed by atoms with van der Waals surface area (Å²) in [6.45, 7) is 7.23. The van der Waals surface area contributed by atoms with Crippen LogP contribution in [0, 0.1) is 0 Å². The van der Waals surface area contributed by atoms with Gasteiger partial charge in [-0.2, -0.15) is 0 Å². The van der Waals surface area contributed by atoms with E-state index in [1.165, 1.54) is 6.42 Å². The minimum atomic E-state index is -0.798. The quantitative estimate of drug-likeness (QED) is 0.540. The summed E-state index contributed by atoms with van der Waals surface area (Å²) in [5.41, 5.74) is -0.551. The van der Waals surface area contributed by atoms with E-state index >= 15 is 0 Å². The zero-order chi connectivity index (χ0) is 18.9. The Hall–Kier alpha value is -1.79. The summed E-state index contributed by atoms with van der Waals surface area (Å²) in [4.78, 5) is 35.3. The van der Waals surface area contributed by atoms with Crippen LogP contribution >= 0.6 is 0 Å². The molecule has 0 bridgehead atoms. The van der Waals surface area contributed by atoms with Crippen molar-refractivity contribution in [2.24, 2.45) is 0 Å². The van der Waals surface area contributed by atoms with Crippen LogP contribution in [0.4, 0.5) is 4.79 Å². The van der Waals surface area contributed by atoms with Crippen molar-refractivity contribution in [1.29, 1.82) is 0 Å². The Kier molecular flexibility index (Phi) is 8.72. The van der Waals surface area contributed by atoms with Crippen molar-refractivity contribution < 1.29 is 23.9 Å². The van der Waals surface area contributed by atoms with Crippen molar-refractivity contribution in [1.82, 2.24) is 10.6 Å². The fourth-order valence-corrected chi connectivity index (χ4v) is 2.61. The van der Waals surface area contributed by atoms with Gasteiger partial charge in [-0.1, -0.05) is 19.3 Å². The van der Waals surface area contributed by atoms with Crippen molar-refractivity contribution in [3.8, 4) is 0 Å². The minimum absolute atomic E-state index is 0.136. The van der Waals surface area contributed by atoms with Crippen LogP contribution in [0.5, 0.6) is 0 Å². The van der Waals surface area contributed by atoms with Gasteiger partial charge >= 0.3 is 12.1 Å². The molecule has 0 unspecified atom stereocenters. The molecule has 0 aromatic rings. The maximum absolute atomic E-state index is 12.0. The van der Waals surface area contributed by atoms with Crippen molar-refractivity contribution in [3.63, 3.8) is 0 Å². The zero-order valence-electron chi connectivity index (χ0n) is 15.9. The highest BCUT2D eigenvalue weighted by Crippen LogP contribution is 2.17. The molecule has 0 saturated heterocycles. The van der Waals surface area contributed by atoms with Gasteiger partial charge in [0.2, 0.25) is 0 Å². The van der Waals surface area contributed by atoms with Gasteiger partial charge in [-0.15, -0.1) is 0 Å². The normalized spacial score (nSPS) is 16.6. The van der Waals surface area contributed by atoms with Crippen molar-refractivity contribution in [2.75, 3.05) is 6.54 Å². The Balaban J connectivity index is 2.16. The summed E-state index contributed by atoms with van der Waals surface area (Å²) in [5, 5.41) is 5.51. The zero-order valence-corrected chi connectivity index (χ0v) is 15.9. The Bertz CT molecular complexity index is 453. The van der Waals surface area contributed by atoms with Crippen LogP contribution in [-0.2, 0) is 19.1 Å². The van der Waals surface area contributed by atoms with Crippen molar-refractivity contribution in [3.05, 3.63) is 0 Å². The molecule has 25 heavy (non-hydrogen) atoms. The van der Waals surface area contributed by atoms with Crippen LogP contribution in [0.25, 0.3) is 0 Å². The van der Waals surface area contributed by atoms with Crippen molar-refractivity contribution >= 4 is 18.0 Å². The molecule has 1 aliphatic carbocycles. The van der Waals surface area contributed by atoms with Gasteiger partial charge in [0.05, 0.1) is 0 Å². The summed E-state index contributed by atoms with van der Waals surface area (Å²) in [5.74, 6) is -0.690. The second kappa shape index (κ2) is 10.3. The van der Waals surface area contributed by atoms with Crippen LogP contribution in [0.2, 0.25) is 0 Å². The summed E-state index contributed by atoms with van der Waals surface area (Å²) >= 11 is 0. The van der Waals surface area contributed by atoms with E-state index in [0.29, 0.717) is 13.0 Å². The molecule has 144 valence electrons. The van der Waals surface area contributed by atoms with Crippen LogP contribution < -0.4 is 10.6 Å². The molecular weight excluding hydrogens is 324 g/mol. The molecule has 7 heteroatoms. The molecule has 0 spiro atoms. The fourth-order valence-electron chi connectivity index (χ4n) is 2.61. The molecule has 1 aliphatic rings. The number of carbonyl (C=O) groups is 3. The average Bonchev–Trinajstić information content (AvgIpc) is 2.50. The first-order valence-electron chi connectivity index (χ1n) is 9.14. The number of esters is 1. The van der Waals surface area contributed by atoms with Gasteiger partial charge in [0.1, 0.15) is 5.60 Å². The topological polar surface area (TPSA) is 93.7 Å². The number of carbonyl (C=O) groups excluding carboxylic acids is 3. The first-order valence-corrected chi connectivity index (χ1v) is 9.14. The van der Waals surface area contributed by atoms with Gasteiger partial charge in [-0.3, -0.25) is 9.59 Å². The van der Waals surface area contributed by atoms with Crippen LogP contribution in [-0.4, -0.2) is 42.3 Å². The second-order valence-corrected chi connectivity index (χ2v) is 7.51. The molecule has 0 aromatic carbocycles.